The summed E-state index contributed by atoms with van der Waals surface area (Å²) in [5.74, 6) is 0.611. The minimum Gasteiger partial charge on any atom is -0.444 e. The molecule has 9 nitrogen and oxygen atoms in total. The second kappa shape index (κ2) is 9.76. The summed E-state index contributed by atoms with van der Waals surface area (Å²) < 4.78 is 23.8. The van der Waals surface area contributed by atoms with Crippen molar-refractivity contribution in [3.8, 4) is 33.6 Å². The number of ether oxygens (including phenoxy) is 1. The molecule has 1 aliphatic rings. The second-order valence-corrected chi connectivity index (χ2v) is 10.3. The molecule has 0 unspecified atom stereocenters. The molecule has 1 amide bonds. The Balaban J connectivity index is 1.27. The van der Waals surface area contributed by atoms with Crippen LogP contribution < -0.4 is 0 Å². The number of carbonyl (C=O) groups is 1. The quantitative estimate of drug-likeness (QED) is 0.392. The van der Waals surface area contributed by atoms with Gasteiger partial charge in [-0.3, -0.25) is 9.36 Å². The molecule has 4 aromatic rings. The lowest BCUT2D eigenvalue weighted by molar-refractivity contribution is 0.00576. The Morgan fingerprint density at radius 3 is 2.35 bits per heavy atom. The van der Waals surface area contributed by atoms with Crippen LogP contribution in [0.3, 0.4) is 0 Å². The fourth-order valence-electron chi connectivity index (χ4n) is 4.39. The van der Waals surface area contributed by atoms with Crippen LogP contribution in [0.4, 0.5) is 9.18 Å². The standard InChI is InChI=1S/C27H30FN7O2/c1-27(2,3)37-26(36)34-9-8-24(23(28)17-34)35-16-22(14-32-35)20-11-29-25(30-12-20)19-7-5-6-18(10-19)21-13-31-33(4)15-21/h5-7,10-16,23-24H,8-9,17H2,1-4H3/t23-,24-/m1/s1. The van der Waals surface area contributed by atoms with Gasteiger partial charge in [0.25, 0.3) is 0 Å². The lowest BCUT2D eigenvalue weighted by atomic mass is 10.0. The van der Waals surface area contributed by atoms with Crippen LogP contribution in [-0.2, 0) is 11.8 Å². The van der Waals surface area contributed by atoms with E-state index in [-0.39, 0.29) is 6.54 Å². The molecule has 0 spiro atoms. The summed E-state index contributed by atoms with van der Waals surface area (Å²) in [6.45, 7) is 5.78. The van der Waals surface area contributed by atoms with E-state index in [1.54, 1.807) is 48.7 Å². The van der Waals surface area contributed by atoms with Gasteiger partial charge < -0.3 is 9.64 Å². The number of halogens is 1. The summed E-state index contributed by atoms with van der Waals surface area (Å²) in [5.41, 5.74) is 3.95. The SMILES string of the molecule is Cn1cc(-c2cccc(-c3ncc(-c4cnn([C@@H]5CCN(C(=O)OC(C)(C)C)C[C@H]5F)c4)cn3)c2)cn1. The lowest BCUT2D eigenvalue weighted by Gasteiger charge is -2.35. The maximum atomic E-state index is 15.0. The number of aromatic nitrogens is 6. The van der Waals surface area contributed by atoms with E-state index in [1.165, 1.54) is 4.90 Å². The molecule has 1 aliphatic heterocycles. The summed E-state index contributed by atoms with van der Waals surface area (Å²) >= 11 is 0. The van der Waals surface area contributed by atoms with Crippen molar-refractivity contribution in [3.05, 3.63) is 61.4 Å². The van der Waals surface area contributed by atoms with Gasteiger partial charge >= 0.3 is 6.09 Å². The zero-order chi connectivity index (χ0) is 26.2. The van der Waals surface area contributed by atoms with Crippen molar-refractivity contribution in [1.82, 2.24) is 34.4 Å². The molecule has 0 bridgehead atoms. The topological polar surface area (TPSA) is 91.0 Å². The van der Waals surface area contributed by atoms with Gasteiger partial charge in [-0.1, -0.05) is 18.2 Å². The predicted octanol–water partition coefficient (Wildman–Crippen LogP) is 4.93. The fourth-order valence-corrected chi connectivity index (χ4v) is 4.39. The minimum atomic E-state index is -1.25. The van der Waals surface area contributed by atoms with E-state index in [1.807, 2.05) is 49.9 Å². The van der Waals surface area contributed by atoms with Crippen molar-refractivity contribution < 1.29 is 13.9 Å². The Hall–Kier alpha value is -4.08. The number of alkyl halides is 1. The van der Waals surface area contributed by atoms with E-state index in [2.05, 4.69) is 20.2 Å². The van der Waals surface area contributed by atoms with Gasteiger partial charge in [0.15, 0.2) is 5.82 Å². The van der Waals surface area contributed by atoms with Crippen LogP contribution in [0.15, 0.2) is 61.4 Å². The molecular formula is C27H30FN7O2. The molecule has 1 fully saturated rings. The zero-order valence-electron chi connectivity index (χ0n) is 21.4. The van der Waals surface area contributed by atoms with Crippen LogP contribution in [0.1, 0.15) is 33.2 Å². The number of benzene rings is 1. The van der Waals surface area contributed by atoms with Gasteiger partial charge in [-0.25, -0.2) is 19.2 Å². The van der Waals surface area contributed by atoms with Gasteiger partial charge in [-0.05, 0) is 38.8 Å². The van der Waals surface area contributed by atoms with Gasteiger partial charge in [0.1, 0.15) is 11.8 Å². The molecule has 0 aliphatic carbocycles. The molecule has 0 saturated carbocycles. The highest BCUT2D eigenvalue weighted by Gasteiger charge is 2.35. The van der Waals surface area contributed by atoms with Gasteiger partial charge in [-0.15, -0.1) is 0 Å². The van der Waals surface area contributed by atoms with Crippen molar-refractivity contribution in [2.75, 3.05) is 13.1 Å². The van der Waals surface area contributed by atoms with Crippen LogP contribution in [-0.4, -0.2) is 65.4 Å². The monoisotopic (exact) mass is 503 g/mol. The highest BCUT2D eigenvalue weighted by atomic mass is 19.1. The molecular weight excluding hydrogens is 473 g/mol. The fraction of sp³-hybridized carbons (Fsp3) is 0.370. The molecule has 1 aromatic carbocycles. The van der Waals surface area contributed by atoms with Crippen molar-refractivity contribution in [1.29, 1.82) is 0 Å². The van der Waals surface area contributed by atoms with Gasteiger partial charge in [0.05, 0.1) is 25.0 Å². The van der Waals surface area contributed by atoms with Gasteiger partial charge in [-0.2, -0.15) is 10.2 Å². The van der Waals surface area contributed by atoms with Crippen LogP contribution in [0, 0.1) is 0 Å². The number of likely N-dealkylation sites (tertiary alicyclic amines) is 1. The number of nitrogens with zero attached hydrogens (tertiary/aromatic N) is 7. The molecule has 37 heavy (non-hydrogen) atoms. The smallest absolute Gasteiger partial charge is 0.410 e. The predicted molar refractivity (Wildman–Crippen MR) is 137 cm³/mol. The average Bonchev–Trinajstić information content (AvgIpc) is 3.53. The third-order valence-corrected chi connectivity index (χ3v) is 6.24. The van der Waals surface area contributed by atoms with Crippen LogP contribution in [0.5, 0.6) is 0 Å². The zero-order valence-corrected chi connectivity index (χ0v) is 21.4. The van der Waals surface area contributed by atoms with E-state index in [0.717, 1.165) is 27.8 Å². The van der Waals surface area contributed by atoms with Crippen molar-refractivity contribution in [2.24, 2.45) is 7.05 Å². The first-order valence-electron chi connectivity index (χ1n) is 12.2. The number of amides is 1. The maximum Gasteiger partial charge on any atom is 0.410 e. The van der Waals surface area contributed by atoms with Crippen LogP contribution in [0.25, 0.3) is 33.6 Å². The molecule has 5 rings (SSSR count). The van der Waals surface area contributed by atoms with Crippen molar-refractivity contribution >= 4 is 6.09 Å². The first-order chi connectivity index (χ1) is 17.7. The third kappa shape index (κ3) is 5.52. The molecule has 4 heterocycles. The van der Waals surface area contributed by atoms with Crippen LogP contribution in [0.2, 0.25) is 0 Å². The van der Waals surface area contributed by atoms with E-state index < -0.39 is 23.9 Å². The number of piperidine rings is 1. The Kier molecular flexibility index (Phi) is 6.49. The summed E-state index contributed by atoms with van der Waals surface area (Å²) in [6, 6.07) is 7.55. The van der Waals surface area contributed by atoms with E-state index in [0.29, 0.717) is 18.8 Å². The van der Waals surface area contributed by atoms with Gasteiger partial charge in [0.2, 0.25) is 0 Å². The van der Waals surface area contributed by atoms with E-state index >= 15 is 4.39 Å². The number of aryl methyl sites for hydroxylation is 1. The highest BCUT2D eigenvalue weighted by Crippen LogP contribution is 2.29. The molecule has 192 valence electrons. The number of carbonyl (C=O) groups excluding carboxylic acids is 1. The second-order valence-electron chi connectivity index (χ2n) is 10.3. The third-order valence-electron chi connectivity index (χ3n) is 6.24. The molecule has 10 heteroatoms. The van der Waals surface area contributed by atoms with Crippen molar-refractivity contribution in [2.45, 2.75) is 45.0 Å². The Labute approximate surface area is 214 Å². The largest absolute Gasteiger partial charge is 0.444 e. The Morgan fingerprint density at radius 1 is 0.973 bits per heavy atom. The maximum absolute atomic E-state index is 15.0. The molecule has 2 atom stereocenters. The molecule has 0 N–H and O–H groups in total. The molecule has 0 radical (unpaired) electrons. The first kappa shape index (κ1) is 24.6. The average molecular weight is 504 g/mol. The molecule has 3 aromatic heterocycles. The van der Waals surface area contributed by atoms with Crippen LogP contribution >= 0.6 is 0 Å². The molecule has 1 saturated heterocycles. The number of hydrogen-bond donors (Lipinski definition) is 0. The van der Waals surface area contributed by atoms with E-state index in [4.69, 9.17) is 4.74 Å². The van der Waals surface area contributed by atoms with E-state index in [9.17, 15) is 4.79 Å². The summed E-state index contributed by atoms with van der Waals surface area (Å²) in [7, 11) is 1.89. The minimum absolute atomic E-state index is 0.0231. The lowest BCUT2D eigenvalue weighted by Crippen LogP contribution is -2.47. The summed E-state index contributed by atoms with van der Waals surface area (Å²) in [5, 5.41) is 8.64. The summed E-state index contributed by atoms with van der Waals surface area (Å²) in [6.07, 6.45) is 9.49. The van der Waals surface area contributed by atoms with Gasteiger partial charge in [0, 0.05) is 60.6 Å². The highest BCUT2D eigenvalue weighted by molar-refractivity contribution is 5.70. The number of hydrogen-bond acceptors (Lipinski definition) is 6. The Morgan fingerprint density at radius 2 is 1.68 bits per heavy atom. The first-order valence-corrected chi connectivity index (χ1v) is 12.2. The Bertz CT molecular complexity index is 1390. The van der Waals surface area contributed by atoms with Crippen molar-refractivity contribution in [3.63, 3.8) is 0 Å². The summed E-state index contributed by atoms with van der Waals surface area (Å²) in [4.78, 5) is 22.9. The number of rotatable bonds is 4. The normalized spacial score (nSPS) is 18.1.